The van der Waals surface area contributed by atoms with Gasteiger partial charge in [0, 0.05) is 38.5 Å². The topological polar surface area (TPSA) is 62.5 Å². The van der Waals surface area contributed by atoms with Crippen molar-refractivity contribution in [3.63, 3.8) is 0 Å². The van der Waals surface area contributed by atoms with Crippen LogP contribution in [0, 0.1) is 5.92 Å². The minimum absolute atomic E-state index is 0.0198. The number of hydrogen-bond donors (Lipinski definition) is 0. The van der Waals surface area contributed by atoms with Crippen LogP contribution in [0.1, 0.15) is 35.8 Å². The van der Waals surface area contributed by atoms with E-state index < -0.39 is 11.7 Å². The van der Waals surface area contributed by atoms with Gasteiger partial charge in [0.1, 0.15) is 0 Å². The first-order chi connectivity index (χ1) is 16.4. The van der Waals surface area contributed by atoms with Gasteiger partial charge >= 0.3 is 6.18 Å². The van der Waals surface area contributed by atoms with E-state index in [1.165, 1.54) is 12.1 Å². The summed E-state index contributed by atoms with van der Waals surface area (Å²) < 4.78 is 45.3. The highest BCUT2D eigenvalue weighted by atomic mass is 32.1. The zero-order chi connectivity index (χ0) is 23.7. The second-order valence-corrected chi connectivity index (χ2v) is 9.74. The molecule has 2 unspecified atom stereocenters. The average molecular weight is 491 g/mol. The summed E-state index contributed by atoms with van der Waals surface area (Å²) >= 11 is 1.57. The van der Waals surface area contributed by atoms with Crippen molar-refractivity contribution >= 4 is 17.2 Å². The number of piperazine rings is 1. The molecule has 0 radical (unpaired) electrons. The number of nitrogens with zero attached hydrogens (tertiary/aromatic N) is 4. The molecule has 6 nitrogen and oxygen atoms in total. The van der Waals surface area contributed by atoms with Gasteiger partial charge in [0.15, 0.2) is 0 Å². The van der Waals surface area contributed by atoms with Crippen LogP contribution in [0.25, 0.3) is 10.7 Å². The van der Waals surface area contributed by atoms with E-state index in [1.807, 2.05) is 22.4 Å². The van der Waals surface area contributed by atoms with E-state index in [4.69, 9.17) is 4.52 Å². The third-order valence-electron chi connectivity index (χ3n) is 6.53. The molecule has 0 bridgehead atoms. The number of benzene rings is 1. The highest BCUT2D eigenvalue weighted by Crippen LogP contribution is 2.51. The minimum Gasteiger partial charge on any atom is -0.340 e. The number of carbonyl (C=O) groups is 1. The molecule has 2 aliphatic rings. The van der Waals surface area contributed by atoms with Crippen LogP contribution in [0.5, 0.6) is 0 Å². The molecule has 3 heterocycles. The predicted molar refractivity (Wildman–Crippen MR) is 121 cm³/mol. The Morgan fingerprint density at radius 3 is 2.65 bits per heavy atom. The van der Waals surface area contributed by atoms with E-state index in [-0.39, 0.29) is 23.3 Å². The maximum absolute atomic E-state index is 13.3. The number of hydrogen-bond acceptors (Lipinski definition) is 6. The van der Waals surface area contributed by atoms with Gasteiger partial charge in [-0.15, -0.1) is 11.3 Å². The average Bonchev–Trinajstić information content (AvgIpc) is 3.19. The molecule has 3 aromatic rings. The standard InChI is InChI=1S/C24H25F3N4O2S/c25-24(26,27)19-6-2-1-5-16(19)17-15-18(17)23(32)31-12-10-30(11-13-31)9-3-8-21-28-22(29-33-21)20-7-4-14-34-20/h1-2,4-7,14,17-18H,3,8-13,15H2. The van der Waals surface area contributed by atoms with Crippen LogP contribution in [0.15, 0.2) is 46.3 Å². The molecule has 1 aromatic carbocycles. The number of thiophene rings is 1. The fourth-order valence-electron chi connectivity index (χ4n) is 4.63. The van der Waals surface area contributed by atoms with Crippen LogP contribution in [0.2, 0.25) is 0 Å². The zero-order valence-corrected chi connectivity index (χ0v) is 19.3. The first kappa shape index (κ1) is 23.0. The Labute approximate surface area is 199 Å². The summed E-state index contributed by atoms with van der Waals surface area (Å²) in [5.74, 6) is 0.542. The lowest BCUT2D eigenvalue weighted by Crippen LogP contribution is -2.49. The molecule has 2 aromatic heterocycles. The molecule has 34 heavy (non-hydrogen) atoms. The number of rotatable bonds is 7. The Balaban J connectivity index is 1.07. The highest BCUT2D eigenvalue weighted by molar-refractivity contribution is 7.13. The molecule has 1 aliphatic heterocycles. The van der Waals surface area contributed by atoms with Gasteiger partial charge in [-0.1, -0.05) is 29.4 Å². The van der Waals surface area contributed by atoms with Crippen molar-refractivity contribution in [2.75, 3.05) is 32.7 Å². The lowest BCUT2D eigenvalue weighted by molar-refractivity contribution is -0.139. The zero-order valence-electron chi connectivity index (χ0n) is 18.5. The van der Waals surface area contributed by atoms with E-state index in [0.29, 0.717) is 37.6 Å². The van der Waals surface area contributed by atoms with Gasteiger partial charge in [-0.2, -0.15) is 18.2 Å². The van der Waals surface area contributed by atoms with E-state index in [9.17, 15) is 18.0 Å². The van der Waals surface area contributed by atoms with Gasteiger partial charge in [-0.25, -0.2) is 0 Å². The van der Waals surface area contributed by atoms with E-state index in [0.717, 1.165) is 37.0 Å². The lowest BCUT2D eigenvalue weighted by Gasteiger charge is -2.35. The molecule has 1 saturated heterocycles. The number of amides is 1. The van der Waals surface area contributed by atoms with Crippen molar-refractivity contribution in [2.45, 2.75) is 31.4 Å². The summed E-state index contributed by atoms with van der Waals surface area (Å²) in [5.41, 5.74) is -0.376. The normalized spacial score (nSPS) is 21.1. The van der Waals surface area contributed by atoms with Gasteiger partial charge in [-0.05, 0) is 48.4 Å². The number of aromatic nitrogens is 2. The molecule has 180 valence electrons. The first-order valence-electron chi connectivity index (χ1n) is 11.4. The van der Waals surface area contributed by atoms with Crippen molar-refractivity contribution in [3.05, 3.63) is 58.8 Å². The Kier molecular flexibility index (Phi) is 6.44. The summed E-state index contributed by atoms with van der Waals surface area (Å²) in [7, 11) is 0. The summed E-state index contributed by atoms with van der Waals surface area (Å²) in [6, 6.07) is 9.52. The third-order valence-corrected chi connectivity index (χ3v) is 7.40. The highest BCUT2D eigenvalue weighted by Gasteiger charge is 2.49. The molecular formula is C24H25F3N4O2S. The van der Waals surface area contributed by atoms with Gasteiger partial charge in [-0.3, -0.25) is 9.69 Å². The second kappa shape index (κ2) is 9.50. The monoisotopic (exact) mass is 490 g/mol. The smallest absolute Gasteiger partial charge is 0.340 e. The van der Waals surface area contributed by atoms with Crippen molar-refractivity contribution in [1.82, 2.24) is 19.9 Å². The summed E-state index contributed by atoms with van der Waals surface area (Å²) in [6.07, 6.45) is -2.34. The largest absolute Gasteiger partial charge is 0.416 e. The Morgan fingerprint density at radius 1 is 1.12 bits per heavy atom. The third kappa shape index (κ3) is 5.02. The molecule has 5 rings (SSSR count). The van der Waals surface area contributed by atoms with Crippen molar-refractivity contribution < 1.29 is 22.5 Å². The van der Waals surface area contributed by atoms with Gasteiger partial charge in [0.05, 0.1) is 10.4 Å². The molecule has 0 N–H and O–H groups in total. The Hall–Kier alpha value is -2.72. The molecule has 1 amide bonds. The van der Waals surface area contributed by atoms with Crippen molar-refractivity contribution in [3.8, 4) is 10.7 Å². The first-order valence-corrected chi connectivity index (χ1v) is 12.3. The molecule has 1 aliphatic carbocycles. The van der Waals surface area contributed by atoms with Gasteiger partial charge in [0.25, 0.3) is 0 Å². The summed E-state index contributed by atoms with van der Waals surface area (Å²) in [5, 5.41) is 6.00. The quantitative estimate of drug-likeness (QED) is 0.481. The minimum atomic E-state index is -4.40. The molecule has 0 spiro atoms. The maximum atomic E-state index is 13.3. The molecule has 2 atom stereocenters. The number of alkyl halides is 3. The van der Waals surface area contributed by atoms with Crippen LogP contribution in [-0.2, 0) is 17.4 Å². The molecule has 10 heteroatoms. The SMILES string of the molecule is O=C(C1CC1c1ccccc1C(F)(F)F)N1CCN(CCCc2nc(-c3cccs3)no2)CC1. The predicted octanol–water partition coefficient (Wildman–Crippen LogP) is 4.70. The lowest BCUT2D eigenvalue weighted by atomic mass is 10.0. The van der Waals surface area contributed by atoms with Crippen molar-refractivity contribution in [1.29, 1.82) is 0 Å². The van der Waals surface area contributed by atoms with Crippen LogP contribution < -0.4 is 0 Å². The number of aryl methyl sites for hydroxylation is 1. The van der Waals surface area contributed by atoms with E-state index >= 15 is 0 Å². The van der Waals surface area contributed by atoms with Crippen LogP contribution in [0.3, 0.4) is 0 Å². The molecular weight excluding hydrogens is 465 g/mol. The van der Waals surface area contributed by atoms with Gasteiger partial charge in [0.2, 0.25) is 17.6 Å². The fraction of sp³-hybridized carbons (Fsp3) is 0.458. The van der Waals surface area contributed by atoms with E-state index in [1.54, 1.807) is 17.4 Å². The van der Waals surface area contributed by atoms with Gasteiger partial charge < -0.3 is 9.42 Å². The Bertz CT molecular complexity index is 1120. The van der Waals surface area contributed by atoms with Crippen LogP contribution >= 0.6 is 11.3 Å². The number of carbonyl (C=O) groups excluding carboxylic acids is 1. The number of halogens is 3. The van der Waals surface area contributed by atoms with Crippen molar-refractivity contribution in [2.24, 2.45) is 5.92 Å². The van der Waals surface area contributed by atoms with Crippen LogP contribution in [0.4, 0.5) is 13.2 Å². The summed E-state index contributed by atoms with van der Waals surface area (Å²) in [4.78, 5) is 22.4. The molecule has 2 fully saturated rings. The summed E-state index contributed by atoms with van der Waals surface area (Å²) in [6.45, 7) is 3.58. The maximum Gasteiger partial charge on any atom is 0.416 e. The van der Waals surface area contributed by atoms with E-state index in [2.05, 4.69) is 15.0 Å². The molecule has 1 saturated carbocycles. The fourth-order valence-corrected chi connectivity index (χ4v) is 5.28. The van der Waals surface area contributed by atoms with Crippen LogP contribution in [-0.4, -0.2) is 58.6 Å². The second-order valence-electron chi connectivity index (χ2n) is 8.79. The Morgan fingerprint density at radius 2 is 1.91 bits per heavy atom.